The molecule has 0 saturated heterocycles. The molecule has 3 heteroatoms. The van der Waals surface area contributed by atoms with E-state index in [1.807, 2.05) is 0 Å². The molecule has 10 heavy (non-hydrogen) atoms. The molecule has 0 amide bonds. The molecule has 0 radical (unpaired) electrons. The molecule has 2 N–H and O–H groups in total. The fourth-order valence-electron chi connectivity index (χ4n) is 0.706. The second-order valence-corrected chi connectivity index (χ2v) is 2.01. The van der Waals surface area contributed by atoms with Crippen LogP contribution in [-0.4, -0.2) is 10.4 Å². The van der Waals surface area contributed by atoms with Crippen molar-refractivity contribution < 1.29 is 15.3 Å². The van der Waals surface area contributed by atoms with Crippen molar-refractivity contribution in [2.45, 2.75) is 6.92 Å². The van der Waals surface area contributed by atoms with Crippen LogP contribution in [0.15, 0.2) is 18.2 Å². The molecule has 0 bridgehead atoms. The standard InChI is InChI=1S/C7H8O3/c1-5-3-2-4-6(10-9)7(5)8/h2-4,8-9H,1H3. The topological polar surface area (TPSA) is 49.7 Å². The zero-order valence-corrected chi connectivity index (χ0v) is 5.53. The van der Waals surface area contributed by atoms with E-state index in [1.54, 1.807) is 19.1 Å². The second-order valence-electron chi connectivity index (χ2n) is 2.01. The number of para-hydroxylation sites is 1. The molecule has 3 nitrogen and oxygen atoms in total. The second kappa shape index (κ2) is 2.58. The van der Waals surface area contributed by atoms with Gasteiger partial charge in [0.05, 0.1) is 0 Å². The summed E-state index contributed by atoms with van der Waals surface area (Å²) >= 11 is 0. The van der Waals surface area contributed by atoms with Crippen molar-refractivity contribution in [3.63, 3.8) is 0 Å². The lowest BCUT2D eigenvalue weighted by molar-refractivity contribution is -0.139. The van der Waals surface area contributed by atoms with Gasteiger partial charge in [-0.05, 0) is 18.6 Å². The highest BCUT2D eigenvalue weighted by atomic mass is 17.1. The van der Waals surface area contributed by atoms with Crippen LogP contribution in [0.4, 0.5) is 0 Å². The smallest absolute Gasteiger partial charge is 0.206 e. The molecule has 0 aromatic heterocycles. The molecule has 54 valence electrons. The van der Waals surface area contributed by atoms with Crippen molar-refractivity contribution in [1.82, 2.24) is 0 Å². The van der Waals surface area contributed by atoms with Crippen LogP contribution in [0.1, 0.15) is 5.56 Å². The molecular formula is C7H8O3. The van der Waals surface area contributed by atoms with Crippen molar-refractivity contribution in [3.05, 3.63) is 23.8 Å². The van der Waals surface area contributed by atoms with Gasteiger partial charge in [-0.1, -0.05) is 12.1 Å². The Balaban J connectivity index is 3.14. The van der Waals surface area contributed by atoms with Gasteiger partial charge in [-0.25, -0.2) is 5.26 Å². The number of benzene rings is 1. The highest BCUT2D eigenvalue weighted by Crippen LogP contribution is 2.27. The number of aromatic hydroxyl groups is 1. The zero-order valence-electron chi connectivity index (χ0n) is 5.53. The van der Waals surface area contributed by atoms with Gasteiger partial charge in [0, 0.05) is 0 Å². The van der Waals surface area contributed by atoms with E-state index in [4.69, 9.17) is 10.4 Å². The molecule has 0 saturated carbocycles. The molecular weight excluding hydrogens is 132 g/mol. The van der Waals surface area contributed by atoms with Gasteiger partial charge in [0.15, 0.2) is 5.75 Å². The van der Waals surface area contributed by atoms with Crippen LogP contribution >= 0.6 is 0 Å². The third kappa shape index (κ3) is 1.04. The predicted octanol–water partition coefficient (Wildman–Crippen LogP) is 1.55. The lowest BCUT2D eigenvalue weighted by Gasteiger charge is -2.01. The highest BCUT2D eigenvalue weighted by Gasteiger charge is 2.02. The van der Waals surface area contributed by atoms with E-state index >= 15 is 0 Å². The molecule has 0 spiro atoms. The Kier molecular flexibility index (Phi) is 1.78. The van der Waals surface area contributed by atoms with Crippen molar-refractivity contribution in [3.8, 4) is 11.5 Å². The van der Waals surface area contributed by atoms with Crippen LogP contribution in [0.2, 0.25) is 0 Å². The van der Waals surface area contributed by atoms with Gasteiger partial charge >= 0.3 is 0 Å². The number of hydrogen-bond donors (Lipinski definition) is 2. The van der Waals surface area contributed by atoms with Gasteiger partial charge in [0.1, 0.15) is 0 Å². The maximum atomic E-state index is 9.11. The van der Waals surface area contributed by atoms with Crippen LogP contribution in [0.5, 0.6) is 11.5 Å². The Hall–Kier alpha value is -1.22. The lowest BCUT2D eigenvalue weighted by atomic mass is 10.2. The van der Waals surface area contributed by atoms with E-state index in [2.05, 4.69) is 4.89 Å². The largest absolute Gasteiger partial charge is 0.504 e. The van der Waals surface area contributed by atoms with E-state index in [9.17, 15) is 0 Å². The molecule has 1 aromatic rings. The Bertz CT molecular complexity index is 232. The van der Waals surface area contributed by atoms with Crippen LogP contribution in [0, 0.1) is 6.92 Å². The van der Waals surface area contributed by atoms with Crippen LogP contribution in [-0.2, 0) is 0 Å². The summed E-state index contributed by atoms with van der Waals surface area (Å²) < 4.78 is 0. The highest BCUT2D eigenvalue weighted by molar-refractivity contribution is 5.43. The minimum absolute atomic E-state index is 0.0231. The Morgan fingerprint density at radius 1 is 1.40 bits per heavy atom. The van der Waals surface area contributed by atoms with Gasteiger partial charge in [0.2, 0.25) is 5.75 Å². The summed E-state index contributed by atoms with van der Waals surface area (Å²) in [5, 5.41) is 17.3. The SMILES string of the molecule is Cc1cccc(OO)c1O. The Morgan fingerprint density at radius 3 is 2.60 bits per heavy atom. The number of phenols is 1. The number of hydrogen-bond acceptors (Lipinski definition) is 3. The van der Waals surface area contributed by atoms with Crippen molar-refractivity contribution >= 4 is 0 Å². The average Bonchev–Trinajstić information content (AvgIpc) is 1.95. The predicted molar refractivity (Wildman–Crippen MR) is 36.1 cm³/mol. The van der Waals surface area contributed by atoms with Crippen LogP contribution in [0.25, 0.3) is 0 Å². The number of rotatable bonds is 1. The van der Waals surface area contributed by atoms with E-state index in [1.165, 1.54) is 6.07 Å². The molecule has 0 fully saturated rings. The molecule has 0 unspecified atom stereocenters. The van der Waals surface area contributed by atoms with Crippen LogP contribution in [0.3, 0.4) is 0 Å². The van der Waals surface area contributed by atoms with Gasteiger partial charge in [-0.2, -0.15) is 0 Å². The molecule has 1 aromatic carbocycles. The summed E-state index contributed by atoms with van der Waals surface area (Å²) in [4.78, 5) is 3.88. The normalized spacial score (nSPS) is 9.40. The van der Waals surface area contributed by atoms with Gasteiger partial charge in [-0.3, -0.25) is 0 Å². The molecule has 0 aliphatic heterocycles. The van der Waals surface area contributed by atoms with E-state index in [0.29, 0.717) is 5.56 Å². The zero-order chi connectivity index (χ0) is 7.56. The third-order valence-corrected chi connectivity index (χ3v) is 1.30. The summed E-state index contributed by atoms with van der Waals surface area (Å²) in [6.07, 6.45) is 0. The fourth-order valence-corrected chi connectivity index (χ4v) is 0.706. The monoisotopic (exact) mass is 140 g/mol. The molecule has 0 aliphatic carbocycles. The minimum Gasteiger partial charge on any atom is -0.504 e. The quantitative estimate of drug-likeness (QED) is 0.459. The molecule has 0 heterocycles. The molecule has 0 aliphatic rings. The van der Waals surface area contributed by atoms with Crippen molar-refractivity contribution in [2.24, 2.45) is 0 Å². The number of aryl methyl sites for hydroxylation is 1. The van der Waals surface area contributed by atoms with Crippen LogP contribution < -0.4 is 4.89 Å². The Morgan fingerprint density at radius 2 is 2.10 bits per heavy atom. The average molecular weight is 140 g/mol. The lowest BCUT2D eigenvalue weighted by Crippen LogP contribution is -1.85. The summed E-state index contributed by atoms with van der Waals surface area (Å²) in [6.45, 7) is 1.72. The fraction of sp³-hybridized carbons (Fsp3) is 0.143. The first-order valence-corrected chi connectivity index (χ1v) is 2.85. The van der Waals surface area contributed by atoms with Crippen molar-refractivity contribution in [2.75, 3.05) is 0 Å². The summed E-state index contributed by atoms with van der Waals surface area (Å²) in [5.41, 5.74) is 0.673. The van der Waals surface area contributed by atoms with E-state index in [-0.39, 0.29) is 11.5 Å². The molecule has 0 atom stereocenters. The first-order chi connectivity index (χ1) is 4.75. The van der Waals surface area contributed by atoms with Gasteiger partial charge < -0.3 is 9.99 Å². The van der Waals surface area contributed by atoms with E-state index in [0.717, 1.165) is 0 Å². The van der Waals surface area contributed by atoms with Crippen molar-refractivity contribution in [1.29, 1.82) is 0 Å². The van der Waals surface area contributed by atoms with Gasteiger partial charge in [0.25, 0.3) is 0 Å². The number of phenolic OH excluding ortho intramolecular Hbond substituents is 1. The summed E-state index contributed by atoms with van der Waals surface area (Å²) in [5.74, 6) is 0.0602. The van der Waals surface area contributed by atoms with E-state index < -0.39 is 0 Å². The first kappa shape index (κ1) is 6.89. The first-order valence-electron chi connectivity index (χ1n) is 2.85. The minimum atomic E-state index is -0.0231. The third-order valence-electron chi connectivity index (χ3n) is 1.30. The Labute approximate surface area is 58.4 Å². The molecule has 1 rings (SSSR count). The summed E-state index contributed by atoms with van der Waals surface area (Å²) in [6, 6.07) is 4.88. The maximum absolute atomic E-state index is 9.11. The summed E-state index contributed by atoms with van der Waals surface area (Å²) in [7, 11) is 0. The maximum Gasteiger partial charge on any atom is 0.206 e. The van der Waals surface area contributed by atoms with Gasteiger partial charge in [-0.15, -0.1) is 0 Å².